The first-order valence-corrected chi connectivity index (χ1v) is 10.6. The van der Waals surface area contributed by atoms with Gasteiger partial charge in [0.15, 0.2) is 6.61 Å². The van der Waals surface area contributed by atoms with Gasteiger partial charge in [-0.05, 0) is 41.8 Å². The molecule has 0 aliphatic heterocycles. The van der Waals surface area contributed by atoms with E-state index in [0.29, 0.717) is 0 Å². The number of carbonyl (C=O) groups excluding carboxylic acids is 2. The summed E-state index contributed by atoms with van der Waals surface area (Å²) in [7, 11) is 0. The fourth-order valence-corrected chi connectivity index (χ4v) is 3.65. The number of hydrogen-bond acceptors (Lipinski definition) is 5. The largest absolute Gasteiger partial charge is 0.452 e. The number of rotatable bonds is 7. The van der Waals surface area contributed by atoms with Crippen LogP contribution in [-0.2, 0) is 14.3 Å². The zero-order chi connectivity index (χ0) is 22.3. The van der Waals surface area contributed by atoms with E-state index < -0.39 is 24.3 Å². The predicted molar refractivity (Wildman–Crippen MR) is 122 cm³/mol. The Morgan fingerprint density at radius 2 is 1.84 bits per heavy atom. The van der Waals surface area contributed by atoms with Crippen molar-refractivity contribution in [3.05, 3.63) is 95.8 Å². The van der Waals surface area contributed by atoms with Crippen molar-refractivity contribution in [2.24, 2.45) is 0 Å². The van der Waals surface area contributed by atoms with E-state index >= 15 is 0 Å². The molecule has 0 unspecified atom stereocenters. The Hall–Kier alpha value is -4.04. The van der Waals surface area contributed by atoms with Crippen LogP contribution >= 0.6 is 11.3 Å². The number of anilines is 1. The third-order valence-electron chi connectivity index (χ3n) is 4.41. The number of para-hydroxylation sites is 2. The Bertz CT molecular complexity index is 1250. The maximum atomic E-state index is 13.6. The van der Waals surface area contributed by atoms with E-state index in [2.05, 4.69) is 10.4 Å². The minimum atomic E-state index is -0.696. The van der Waals surface area contributed by atoms with Crippen LogP contribution in [0.5, 0.6) is 0 Å². The van der Waals surface area contributed by atoms with Crippen LogP contribution in [0.3, 0.4) is 0 Å². The second-order valence-electron chi connectivity index (χ2n) is 6.66. The van der Waals surface area contributed by atoms with Gasteiger partial charge in [0.05, 0.1) is 16.3 Å². The summed E-state index contributed by atoms with van der Waals surface area (Å²) in [5, 5.41) is 8.97. The Morgan fingerprint density at radius 3 is 2.59 bits per heavy atom. The molecule has 2 heterocycles. The van der Waals surface area contributed by atoms with Gasteiger partial charge in [0, 0.05) is 17.8 Å². The molecule has 32 heavy (non-hydrogen) atoms. The summed E-state index contributed by atoms with van der Waals surface area (Å²) in [5.41, 5.74) is 2.37. The van der Waals surface area contributed by atoms with E-state index in [1.165, 1.54) is 35.6 Å². The molecule has 0 spiro atoms. The van der Waals surface area contributed by atoms with Crippen LogP contribution in [0.2, 0.25) is 0 Å². The molecule has 1 N–H and O–H groups in total. The summed E-state index contributed by atoms with van der Waals surface area (Å²) < 4.78 is 20.3. The molecule has 0 saturated carbocycles. The number of carbonyl (C=O) groups is 2. The van der Waals surface area contributed by atoms with Crippen LogP contribution in [0.25, 0.3) is 22.3 Å². The van der Waals surface area contributed by atoms with Crippen LogP contribution in [0.1, 0.15) is 5.56 Å². The standard InChI is InChI=1S/C24H18FN3O3S/c25-19-9-4-5-10-20(19)26-22(29)16-31-23(30)13-12-17-15-28(18-7-2-1-3-8-18)27-24(17)21-11-6-14-32-21/h1-15H,16H2,(H,26,29). The van der Waals surface area contributed by atoms with Crippen LogP contribution in [0, 0.1) is 5.82 Å². The summed E-state index contributed by atoms with van der Waals surface area (Å²) in [5.74, 6) is -1.89. The van der Waals surface area contributed by atoms with Gasteiger partial charge >= 0.3 is 5.97 Å². The highest BCUT2D eigenvalue weighted by atomic mass is 32.1. The highest BCUT2D eigenvalue weighted by Crippen LogP contribution is 2.28. The SMILES string of the molecule is O=C(COC(=O)C=Cc1cn(-c2ccccc2)nc1-c1cccs1)Nc1ccccc1F. The molecule has 0 atom stereocenters. The van der Waals surface area contributed by atoms with Crippen LogP contribution in [0.4, 0.5) is 10.1 Å². The lowest BCUT2D eigenvalue weighted by Crippen LogP contribution is -2.20. The molecule has 0 aliphatic rings. The second-order valence-corrected chi connectivity index (χ2v) is 7.61. The van der Waals surface area contributed by atoms with E-state index in [4.69, 9.17) is 4.74 Å². The van der Waals surface area contributed by atoms with Gasteiger partial charge in [0.2, 0.25) is 0 Å². The quantitative estimate of drug-likeness (QED) is 0.322. The van der Waals surface area contributed by atoms with E-state index in [-0.39, 0.29) is 5.69 Å². The minimum absolute atomic E-state index is 0.0259. The van der Waals surface area contributed by atoms with Crippen molar-refractivity contribution in [3.8, 4) is 16.3 Å². The number of aromatic nitrogens is 2. The molecule has 0 radical (unpaired) electrons. The van der Waals surface area contributed by atoms with E-state index in [1.807, 2.05) is 54.0 Å². The molecule has 0 fully saturated rings. The van der Waals surface area contributed by atoms with Gasteiger partial charge in [0.1, 0.15) is 11.5 Å². The lowest BCUT2D eigenvalue weighted by molar-refractivity contribution is -0.142. The number of halogens is 1. The first kappa shape index (κ1) is 21.2. The second kappa shape index (κ2) is 9.84. The lowest BCUT2D eigenvalue weighted by Gasteiger charge is -2.06. The van der Waals surface area contributed by atoms with Gasteiger partial charge in [-0.1, -0.05) is 36.4 Å². The number of hydrogen-bond donors (Lipinski definition) is 1. The number of thiophene rings is 1. The molecule has 4 rings (SSSR count). The number of nitrogens with zero attached hydrogens (tertiary/aromatic N) is 2. The highest BCUT2D eigenvalue weighted by molar-refractivity contribution is 7.13. The van der Waals surface area contributed by atoms with E-state index in [1.54, 1.807) is 16.8 Å². The molecule has 2 aromatic heterocycles. The average molecular weight is 447 g/mol. The molecule has 6 nitrogen and oxygen atoms in total. The first-order valence-electron chi connectivity index (χ1n) is 9.68. The molecule has 4 aromatic rings. The molecular weight excluding hydrogens is 429 g/mol. The monoisotopic (exact) mass is 447 g/mol. The topological polar surface area (TPSA) is 73.2 Å². The number of benzene rings is 2. The summed E-state index contributed by atoms with van der Waals surface area (Å²) in [4.78, 5) is 25.0. The first-order chi connectivity index (χ1) is 15.6. The van der Waals surface area contributed by atoms with Gasteiger partial charge in [-0.15, -0.1) is 11.3 Å². The number of nitrogens with one attached hydrogen (secondary N) is 1. The molecular formula is C24H18FN3O3S. The molecule has 8 heteroatoms. The molecule has 0 saturated heterocycles. The van der Waals surface area contributed by atoms with Crippen LogP contribution in [0.15, 0.2) is 84.4 Å². The van der Waals surface area contributed by atoms with E-state index in [0.717, 1.165) is 21.8 Å². The average Bonchev–Trinajstić information content (AvgIpc) is 3.48. The van der Waals surface area contributed by atoms with Crippen molar-refractivity contribution in [3.63, 3.8) is 0 Å². The van der Waals surface area contributed by atoms with Crippen molar-refractivity contribution in [1.82, 2.24) is 9.78 Å². The molecule has 0 aliphatic carbocycles. The number of amides is 1. The molecule has 2 aromatic carbocycles. The summed E-state index contributed by atoms with van der Waals surface area (Å²) in [6.45, 7) is -0.529. The molecule has 160 valence electrons. The predicted octanol–water partition coefficient (Wildman–Crippen LogP) is 4.94. The summed E-state index contributed by atoms with van der Waals surface area (Å²) in [6.07, 6.45) is 4.65. The fraction of sp³-hybridized carbons (Fsp3) is 0.0417. The van der Waals surface area contributed by atoms with Gasteiger partial charge in [0.25, 0.3) is 5.91 Å². The normalized spacial score (nSPS) is 10.9. The van der Waals surface area contributed by atoms with Crippen LogP contribution in [-0.4, -0.2) is 28.3 Å². The van der Waals surface area contributed by atoms with Crippen molar-refractivity contribution in [2.75, 3.05) is 11.9 Å². The molecule has 1 amide bonds. The molecule has 0 bridgehead atoms. The number of ether oxygens (including phenoxy) is 1. The highest BCUT2D eigenvalue weighted by Gasteiger charge is 2.13. The summed E-state index contributed by atoms with van der Waals surface area (Å²) in [6, 6.07) is 19.3. The van der Waals surface area contributed by atoms with Gasteiger partial charge in [-0.3, -0.25) is 4.79 Å². The smallest absolute Gasteiger partial charge is 0.331 e. The third kappa shape index (κ3) is 5.16. The van der Waals surface area contributed by atoms with Gasteiger partial charge in [-0.25, -0.2) is 13.9 Å². The zero-order valence-electron chi connectivity index (χ0n) is 16.8. The zero-order valence-corrected chi connectivity index (χ0v) is 17.6. The van der Waals surface area contributed by atoms with Crippen molar-refractivity contribution < 1.29 is 18.7 Å². The minimum Gasteiger partial charge on any atom is -0.452 e. The van der Waals surface area contributed by atoms with Crippen molar-refractivity contribution in [1.29, 1.82) is 0 Å². The summed E-state index contributed by atoms with van der Waals surface area (Å²) >= 11 is 1.54. The van der Waals surface area contributed by atoms with Crippen molar-refractivity contribution in [2.45, 2.75) is 0 Å². The van der Waals surface area contributed by atoms with Crippen LogP contribution < -0.4 is 5.32 Å². The van der Waals surface area contributed by atoms with Gasteiger partial charge in [-0.2, -0.15) is 5.10 Å². The van der Waals surface area contributed by atoms with Crippen molar-refractivity contribution >= 4 is 35.0 Å². The Morgan fingerprint density at radius 1 is 1.06 bits per heavy atom. The van der Waals surface area contributed by atoms with E-state index in [9.17, 15) is 14.0 Å². The fourth-order valence-electron chi connectivity index (χ4n) is 2.92. The Kier molecular flexibility index (Phi) is 6.52. The van der Waals surface area contributed by atoms with Gasteiger partial charge < -0.3 is 10.1 Å². The number of esters is 1. The maximum absolute atomic E-state index is 13.6. The lowest BCUT2D eigenvalue weighted by atomic mass is 10.2. The Balaban J connectivity index is 1.44. The Labute approximate surface area is 187 Å². The third-order valence-corrected chi connectivity index (χ3v) is 5.29. The maximum Gasteiger partial charge on any atom is 0.331 e.